The first kappa shape index (κ1) is 14.1. The standard InChI is InChI=1S/C17H23N3O/c1-13-7-10-18-16(13)17(21)19-9-4-11-20-12-8-14-5-2-3-6-15(14)20/h2-3,5-6,8,12-13,16,18H,4,7,9-11H2,1H3,(H,19,21). The summed E-state index contributed by atoms with van der Waals surface area (Å²) in [6.07, 6.45) is 4.16. The minimum atomic E-state index is -0.00240. The number of carbonyl (C=O) groups is 1. The highest BCUT2D eigenvalue weighted by molar-refractivity contribution is 5.82. The summed E-state index contributed by atoms with van der Waals surface area (Å²) in [7, 11) is 0. The first-order valence-electron chi connectivity index (χ1n) is 7.80. The number of benzene rings is 1. The number of hydrogen-bond acceptors (Lipinski definition) is 2. The Kier molecular flexibility index (Phi) is 4.25. The number of rotatable bonds is 5. The van der Waals surface area contributed by atoms with Gasteiger partial charge < -0.3 is 15.2 Å². The lowest BCUT2D eigenvalue weighted by atomic mass is 10.0. The van der Waals surface area contributed by atoms with Crippen LogP contribution in [0.15, 0.2) is 36.5 Å². The molecule has 1 fully saturated rings. The molecule has 1 amide bonds. The van der Waals surface area contributed by atoms with Crippen molar-refractivity contribution in [2.45, 2.75) is 32.4 Å². The quantitative estimate of drug-likeness (QED) is 0.827. The van der Waals surface area contributed by atoms with Gasteiger partial charge in [-0.15, -0.1) is 0 Å². The molecule has 2 atom stereocenters. The molecule has 0 aliphatic carbocycles. The molecule has 0 radical (unpaired) electrons. The van der Waals surface area contributed by atoms with E-state index >= 15 is 0 Å². The molecule has 21 heavy (non-hydrogen) atoms. The van der Waals surface area contributed by atoms with Crippen molar-refractivity contribution in [3.8, 4) is 0 Å². The van der Waals surface area contributed by atoms with Crippen LogP contribution < -0.4 is 10.6 Å². The molecule has 1 aromatic heterocycles. The second-order valence-corrected chi connectivity index (χ2v) is 5.91. The Labute approximate surface area is 125 Å². The smallest absolute Gasteiger partial charge is 0.237 e. The van der Waals surface area contributed by atoms with E-state index in [0.29, 0.717) is 5.92 Å². The first-order valence-corrected chi connectivity index (χ1v) is 7.80. The lowest BCUT2D eigenvalue weighted by molar-refractivity contribution is -0.123. The number of carbonyl (C=O) groups excluding carboxylic acids is 1. The highest BCUT2D eigenvalue weighted by Crippen LogP contribution is 2.16. The molecule has 0 bridgehead atoms. The number of nitrogens with one attached hydrogen (secondary N) is 2. The maximum atomic E-state index is 12.0. The van der Waals surface area contributed by atoms with E-state index in [1.54, 1.807) is 0 Å². The average Bonchev–Trinajstić information content (AvgIpc) is 3.10. The van der Waals surface area contributed by atoms with Crippen molar-refractivity contribution < 1.29 is 4.79 Å². The first-order chi connectivity index (χ1) is 10.3. The fourth-order valence-corrected chi connectivity index (χ4v) is 3.09. The summed E-state index contributed by atoms with van der Waals surface area (Å²) in [5, 5.41) is 7.59. The lowest BCUT2D eigenvalue weighted by Crippen LogP contribution is -2.43. The molecule has 2 heterocycles. The van der Waals surface area contributed by atoms with E-state index in [4.69, 9.17) is 0 Å². The largest absolute Gasteiger partial charge is 0.355 e. The molecule has 1 saturated heterocycles. The maximum Gasteiger partial charge on any atom is 0.237 e. The van der Waals surface area contributed by atoms with E-state index in [1.165, 1.54) is 10.9 Å². The predicted octanol–water partition coefficient (Wildman–Crippen LogP) is 2.15. The minimum Gasteiger partial charge on any atom is -0.355 e. The number of nitrogens with zero attached hydrogens (tertiary/aromatic N) is 1. The van der Waals surface area contributed by atoms with Gasteiger partial charge in [0.2, 0.25) is 5.91 Å². The summed E-state index contributed by atoms with van der Waals surface area (Å²) < 4.78 is 2.25. The van der Waals surface area contributed by atoms with Gasteiger partial charge in [0.05, 0.1) is 6.04 Å². The molecule has 2 N–H and O–H groups in total. The van der Waals surface area contributed by atoms with E-state index in [1.807, 2.05) is 0 Å². The van der Waals surface area contributed by atoms with Gasteiger partial charge in [-0.25, -0.2) is 0 Å². The minimum absolute atomic E-state index is 0.00240. The zero-order chi connectivity index (χ0) is 14.7. The highest BCUT2D eigenvalue weighted by Gasteiger charge is 2.28. The van der Waals surface area contributed by atoms with E-state index < -0.39 is 0 Å². The van der Waals surface area contributed by atoms with E-state index in [9.17, 15) is 4.79 Å². The number of aromatic nitrogens is 1. The number of fused-ring (bicyclic) bond motifs is 1. The molecule has 0 saturated carbocycles. The normalized spacial score (nSPS) is 21.8. The second-order valence-electron chi connectivity index (χ2n) is 5.91. The molecule has 2 unspecified atom stereocenters. The SMILES string of the molecule is CC1CCNC1C(=O)NCCCn1ccc2ccccc21. The predicted molar refractivity (Wildman–Crippen MR) is 85.1 cm³/mol. The van der Waals surface area contributed by atoms with Gasteiger partial charge in [0.1, 0.15) is 0 Å². The van der Waals surface area contributed by atoms with Crippen LogP contribution in [-0.4, -0.2) is 29.6 Å². The zero-order valence-corrected chi connectivity index (χ0v) is 12.5. The van der Waals surface area contributed by atoms with Crippen LogP contribution >= 0.6 is 0 Å². The third-order valence-electron chi connectivity index (χ3n) is 4.37. The third-order valence-corrected chi connectivity index (χ3v) is 4.37. The summed E-state index contributed by atoms with van der Waals surface area (Å²) in [6.45, 7) is 4.75. The fraction of sp³-hybridized carbons (Fsp3) is 0.471. The summed E-state index contributed by atoms with van der Waals surface area (Å²) in [4.78, 5) is 12.0. The van der Waals surface area contributed by atoms with Crippen molar-refractivity contribution in [2.75, 3.05) is 13.1 Å². The van der Waals surface area contributed by atoms with Gasteiger partial charge >= 0.3 is 0 Å². The van der Waals surface area contributed by atoms with Gasteiger partial charge in [0.25, 0.3) is 0 Å². The Morgan fingerprint density at radius 2 is 2.24 bits per heavy atom. The molecular formula is C17H23N3O. The van der Waals surface area contributed by atoms with Gasteiger partial charge in [-0.3, -0.25) is 4.79 Å². The van der Waals surface area contributed by atoms with Gasteiger partial charge in [0, 0.05) is 24.8 Å². The van der Waals surface area contributed by atoms with Crippen LogP contribution in [0.2, 0.25) is 0 Å². The molecular weight excluding hydrogens is 262 g/mol. The Hall–Kier alpha value is -1.81. The molecule has 3 rings (SSSR count). The van der Waals surface area contributed by atoms with Crippen molar-refractivity contribution >= 4 is 16.8 Å². The molecule has 112 valence electrons. The Morgan fingerprint density at radius 3 is 3.05 bits per heavy atom. The maximum absolute atomic E-state index is 12.0. The third kappa shape index (κ3) is 3.10. The zero-order valence-electron chi connectivity index (χ0n) is 12.5. The molecule has 0 spiro atoms. The van der Waals surface area contributed by atoms with Crippen LogP contribution in [0.3, 0.4) is 0 Å². The van der Waals surface area contributed by atoms with Crippen molar-refractivity contribution in [1.29, 1.82) is 0 Å². The second kappa shape index (κ2) is 6.31. The van der Waals surface area contributed by atoms with Crippen LogP contribution in [0.25, 0.3) is 10.9 Å². The van der Waals surface area contributed by atoms with Crippen LogP contribution in [0.5, 0.6) is 0 Å². The molecule has 1 aromatic carbocycles. The Balaban J connectivity index is 1.47. The van der Waals surface area contributed by atoms with Crippen LogP contribution in [0, 0.1) is 5.92 Å². The van der Waals surface area contributed by atoms with Crippen molar-refractivity contribution in [1.82, 2.24) is 15.2 Å². The molecule has 2 aromatic rings. The molecule has 4 nitrogen and oxygen atoms in total. The van der Waals surface area contributed by atoms with Crippen LogP contribution in [0.4, 0.5) is 0 Å². The van der Waals surface area contributed by atoms with E-state index in [-0.39, 0.29) is 11.9 Å². The van der Waals surface area contributed by atoms with Crippen molar-refractivity contribution in [3.05, 3.63) is 36.5 Å². The van der Waals surface area contributed by atoms with Crippen molar-refractivity contribution in [3.63, 3.8) is 0 Å². The summed E-state index contributed by atoms with van der Waals surface area (Å²) >= 11 is 0. The Morgan fingerprint density at radius 1 is 1.38 bits per heavy atom. The van der Waals surface area contributed by atoms with Crippen LogP contribution in [-0.2, 0) is 11.3 Å². The van der Waals surface area contributed by atoms with E-state index in [2.05, 4.69) is 58.7 Å². The molecule has 4 heteroatoms. The molecule has 1 aliphatic heterocycles. The average molecular weight is 285 g/mol. The number of para-hydroxylation sites is 1. The lowest BCUT2D eigenvalue weighted by Gasteiger charge is -2.15. The fourth-order valence-electron chi connectivity index (χ4n) is 3.09. The van der Waals surface area contributed by atoms with Crippen LogP contribution in [0.1, 0.15) is 19.8 Å². The highest BCUT2D eigenvalue weighted by atomic mass is 16.2. The topological polar surface area (TPSA) is 46.1 Å². The number of amides is 1. The Bertz CT molecular complexity index is 619. The monoisotopic (exact) mass is 285 g/mol. The summed E-state index contributed by atoms with van der Waals surface area (Å²) in [5.41, 5.74) is 1.26. The van der Waals surface area contributed by atoms with E-state index in [0.717, 1.165) is 32.5 Å². The van der Waals surface area contributed by atoms with Gasteiger partial charge in [-0.2, -0.15) is 0 Å². The summed E-state index contributed by atoms with van der Waals surface area (Å²) in [5.74, 6) is 0.593. The summed E-state index contributed by atoms with van der Waals surface area (Å²) in [6, 6.07) is 10.5. The molecule has 1 aliphatic rings. The number of aryl methyl sites for hydroxylation is 1. The van der Waals surface area contributed by atoms with Gasteiger partial charge in [-0.05, 0) is 42.8 Å². The number of hydrogen-bond donors (Lipinski definition) is 2. The van der Waals surface area contributed by atoms with Gasteiger partial charge in [0.15, 0.2) is 0 Å². The van der Waals surface area contributed by atoms with Gasteiger partial charge in [-0.1, -0.05) is 25.1 Å². The van der Waals surface area contributed by atoms with Crippen molar-refractivity contribution in [2.24, 2.45) is 5.92 Å².